The van der Waals surface area contributed by atoms with E-state index >= 15 is 0 Å². The zero-order chi connectivity index (χ0) is 14.2. The van der Waals surface area contributed by atoms with Crippen LogP contribution >= 0.6 is 39.1 Å². The van der Waals surface area contributed by atoms with Gasteiger partial charge in [-0.3, -0.25) is 0 Å². The van der Waals surface area contributed by atoms with Crippen molar-refractivity contribution in [2.75, 3.05) is 0 Å². The number of benzene rings is 2. The van der Waals surface area contributed by atoms with Crippen molar-refractivity contribution in [1.82, 2.24) is 0 Å². The number of aryl methyl sites for hydroxylation is 3. The third kappa shape index (κ3) is 3.16. The smallest absolute Gasteiger partial charge is 0.0850 e. The lowest BCUT2D eigenvalue weighted by molar-refractivity contribution is 1.11. The van der Waals surface area contributed by atoms with E-state index in [0.717, 1.165) is 20.6 Å². The Balaban J connectivity index is 2.46. The first-order valence-corrected chi connectivity index (χ1v) is 7.67. The summed E-state index contributed by atoms with van der Waals surface area (Å²) in [6, 6.07) is 10.2. The maximum Gasteiger partial charge on any atom is 0.0850 e. The van der Waals surface area contributed by atoms with Gasteiger partial charge in [-0.05, 0) is 60.7 Å². The predicted molar refractivity (Wildman–Crippen MR) is 87.5 cm³/mol. The summed E-state index contributed by atoms with van der Waals surface area (Å²) in [5.41, 5.74) is 5.59. The van der Waals surface area contributed by atoms with E-state index in [2.05, 4.69) is 48.8 Å². The van der Waals surface area contributed by atoms with Gasteiger partial charge in [0.15, 0.2) is 0 Å². The minimum atomic E-state index is -0.224. The molecule has 0 bridgehead atoms. The van der Waals surface area contributed by atoms with Crippen LogP contribution in [0.3, 0.4) is 0 Å². The third-order valence-corrected chi connectivity index (χ3v) is 5.06. The average Bonchev–Trinajstić information content (AvgIpc) is 2.36. The van der Waals surface area contributed by atoms with E-state index in [1.54, 1.807) is 0 Å². The van der Waals surface area contributed by atoms with Crippen LogP contribution < -0.4 is 0 Å². The van der Waals surface area contributed by atoms with Gasteiger partial charge in [-0.1, -0.05) is 45.7 Å². The second-order valence-corrected chi connectivity index (χ2v) is 6.53. The molecule has 19 heavy (non-hydrogen) atoms. The molecule has 0 saturated heterocycles. The molecule has 0 spiro atoms. The molecular formula is C16H15BrCl2. The molecule has 0 aliphatic rings. The van der Waals surface area contributed by atoms with Crippen LogP contribution in [0.1, 0.15) is 33.2 Å². The van der Waals surface area contributed by atoms with Crippen LogP contribution in [0.15, 0.2) is 34.8 Å². The van der Waals surface area contributed by atoms with Crippen LogP contribution in [-0.4, -0.2) is 0 Å². The zero-order valence-corrected chi connectivity index (χ0v) is 14.2. The van der Waals surface area contributed by atoms with Crippen molar-refractivity contribution in [3.63, 3.8) is 0 Å². The number of rotatable bonds is 2. The lowest BCUT2D eigenvalue weighted by Crippen LogP contribution is -1.97. The molecule has 0 amide bonds. The molecule has 0 radical (unpaired) electrons. The quantitative estimate of drug-likeness (QED) is 0.549. The summed E-state index contributed by atoms with van der Waals surface area (Å²) in [5, 5.41) is 0.502. The van der Waals surface area contributed by atoms with Crippen molar-refractivity contribution >= 4 is 39.1 Å². The first kappa shape index (κ1) is 14.9. The highest BCUT2D eigenvalue weighted by molar-refractivity contribution is 9.10. The van der Waals surface area contributed by atoms with E-state index in [-0.39, 0.29) is 5.38 Å². The lowest BCUT2D eigenvalue weighted by Gasteiger charge is -2.15. The highest BCUT2D eigenvalue weighted by atomic mass is 79.9. The molecule has 0 heterocycles. The fourth-order valence-electron chi connectivity index (χ4n) is 2.00. The third-order valence-electron chi connectivity index (χ3n) is 3.36. The lowest BCUT2D eigenvalue weighted by atomic mass is 9.99. The Labute approximate surface area is 132 Å². The standard InChI is InChI=1S/C16H15BrCl2/c1-9-7-13(15(18)8-10(9)2)16(19)12-4-5-14(17)11(3)6-12/h4-8,16H,1-3H3. The van der Waals surface area contributed by atoms with Crippen molar-refractivity contribution < 1.29 is 0 Å². The summed E-state index contributed by atoms with van der Waals surface area (Å²) in [6.07, 6.45) is 0. The molecule has 0 aromatic heterocycles. The summed E-state index contributed by atoms with van der Waals surface area (Å²) in [6.45, 7) is 6.18. The summed E-state index contributed by atoms with van der Waals surface area (Å²) in [5.74, 6) is 0. The van der Waals surface area contributed by atoms with Crippen molar-refractivity contribution in [3.8, 4) is 0 Å². The number of alkyl halides is 1. The van der Waals surface area contributed by atoms with Gasteiger partial charge in [0.2, 0.25) is 0 Å². The second-order valence-electron chi connectivity index (χ2n) is 4.83. The topological polar surface area (TPSA) is 0 Å². The van der Waals surface area contributed by atoms with Crippen LogP contribution in [0, 0.1) is 20.8 Å². The number of hydrogen-bond acceptors (Lipinski definition) is 0. The van der Waals surface area contributed by atoms with Gasteiger partial charge in [-0.25, -0.2) is 0 Å². The van der Waals surface area contributed by atoms with Gasteiger partial charge in [0.1, 0.15) is 0 Å². The Morgan fingerprint density at radius 1 is 0.947 bits per heavy atom. The van der Waals surface area contributed by atoms with Crippen LogP contribution in [-0.2, 0) is 0 Å². The largest absolute Gasteiger partial charge is 0.113 e. The fourth-order valence-corrected chi connectivity index (χ4v) is 2.95. The first-order chi connectivity index (χ1) is 8.90. The van der Waals surface area contributed by atoms with Crippen molar-refractivity contribution in [1.29, 1.82) is 0 Å². The first-order valence-electron chi connectivity index (χ1n) is 6.07. The number of halogens is 3. The molecule has 0 saturated carbocycles. The highest BCUT2D eigenvalue weighted by Gasteiger charge is 2.16. The zero-order valence-electron chi connectivity index (χ0n) is 11.1. The van der Waals surface area contributed by atoms with Gasteiger partial charge >= 0.3 is 0 Å². The summed E-state index contributed by atoms with van der Waals surface area (Å²) in [7, 11) is 0. The van der Waals surface area contributed by atoms with E-state index in [0.29, 0.717) is 0 Å². The van der Waals surface area contributed by atoms with Crippen molar-refractivity contribution in [2.45, 2.75) is 26.1 Å². The predicted octanol–water partition coefficient (Wildman–Crippen LogP) is 6.36. The minimum absolute atomic E-state index is 0.224. The molecule has 1 unspecified atom stereocenters. The molecule has 1 atom stereocenters. The second kappa shape index (κ2) is 5.87. The molecule has 3 heteroatoms. The van der Waals surface area contributed by atoms with E-state index < -0.39 is 0 Å². The van der Waals surface area contributed by atoms with Crippen molar-refractivity contribution in [2.24, 2.45) is 0 Å². The Hall–Kier alpha value is -0.500. The van der Waals surface area contributed by atoms with Crippen molar-refractivity contribution in [3.05, 3.63) is 67.6 Å². The van der Waals surface area contributed by atoms with E-state index in [1.165, 1.54) is 16.7 Å². The summed E-state index contributed by atoms with van der Waals surface area (Å²) in [4.78, 5) is 0. The Bertz CT molecular complexity index is 620. The SMILES string of the molecule is Cc1cc(Cl)c(C(Cl)c2ccc(Br)c(C)c2)cc1C. The van der Waals surface area contributed by atoms with Crippen LogP contribution in [0.5, 0.6) is 0 Å². The summed E-state index contributed by atoms with van der Waals surface area (Å²) >= 11 is 16.4. The van der Waals surface area contributed by atoms with Gasteiger partial charge in [-0.15, -0.1) is 11.6 Å². The van der Waals surface area contributed by atoms with Gasteiger partial charge < -0.3 is 0 Å². The fraction of sp³-hybridized carbons (Fsp3) is 0.250. The molecule has 100 valence electrons. The van der Waals surface area contributed by atoms with Crippen LogP contribution in [0.25, 0.3) is 0 Å². The summed E-state index contributed by atoms with van der Waals surface area (Å²) < 4.78 is 1.09. The van der Waals surface area contributed by atoms with Crippen LogP contribution in [0.4, 0.5) is 0 Å². The Morgan fingerprint density at radius 2 is 1.58 bits per heavy atom. The maximum absolute atomic E-state index is 6.59. The molecular weight excluding hydrogens is 343 g/mol. The molecule has 0 aliphatic heterocycles. The van der Waals surface area contributed by atoms with E-state index in [1.807, 2.05) is 18.2 Å². The van der Waals surface area contributed by atoms with Gasteiger partial charge in [-0.2, -0.15) is 0 Å². The molecule has 2 aromatic carbocycles. The van der Waals surface area contributed by atoms with Gasteiger partial charge in [0.25, 0.3) is 0 Å². The monoisotopic (exact) mass is 356 g/mol. The van der Waals surface area contributed by atoms with E-state index in [9.17, 15) is 0 Å². The Morgan fingerprint density at radius 3 is 2.21 bits per heavy atom. The number of hydrogen-bond donors (Lipinski definition) is 0. The molecule has 0 nitrogen and oxygen atoms in total. The van der Waals surface area contributed by atoms with E-state index in [4.69, 9.17) is 23.2 Å². The van der Waals surface area contributed by atoms with Gasteiger partial charge in [0, 0.05) is 9.50 Å². The molecule has 0 N–H and O–H groups in total. The molecule has 2 rings (SSSR count). The molecule has 0 fully saturated rings. The molecule has 0 aliphatic carbocycles. The average molecular weight is 358 g/mol. The highest BCUT2D eigenvalue weighted by Crippen LogP contribution is 2.36. The normalized spacial score (nSPS) is 12.5. The maximum atomic E-state index is 6.59. The van der Waals surface area contributed by atoms with Crippen LogP contribution in [0.2, 0.25) is 5.02 Å². The molecule has 2 aromatic rings. The van der Waals surface area contributed by atoms with Gasteiger partial charge in [0.05, 0.1) is 5.38 Å². The Kier molecular flexibility index (Phi) is 4.60. The minimum Gasteiger partial charge on any atom is -0.113 e.